The number of rotatable bonds is 4. The highest BCUT2D eigenvalue weighted by atomic mass is 35.5. The molecule has 0 spiro atoms. The highest BCUT2D eigenvalue weighted by Gasteiger charge is 2.06. The summed E-state index contributed by atoms with van der Waals surface area (Å²) in [6.45, 7) is 0.647. The average molecular weight is 274 g/mol. The van der Waals surface area contributed by atoms with Crippen molar-refractivity contribution < 1.29 is 0 Å². The first-order valence-electron chi connectivity index (χ1n) is 5.83. The van der Waals surface area contributed by atoms with E-state index in [4.69, 9.17) is 11.6 Å². The molecule has 1 aromatic carbocycles. The Labute approximate surface area is 115 Å². The van der Waals surface area contributed by atoms with Crippen LogP contribution in [0, 0.1) is 0 Å². The van der Waals surface area contributed by atoms with Crippen molar-refractivity contribution in [1.82, 2.24) is 19.7 Å². The van der Waals surface area contributed by atoms with E-state index in [-0.39, 0.29) is 0 Å². The number of anilines is 1. The Morgan fingerprint density at radius 2 is 2.32 bits per heavy atom. The number of imidazole rings is 1. The van der Waals surface area contributed by atoms with Crippen LogP contribution in [0.25, 0.3) is 5.69 Å². The second-order valence-electron chi connectivity index (χ2n) is 4.04. The van der Waals surface area contributed by atoms with Crippen molar-refractivity contribution in [3.63, 3.8) is 0 Å². The number of halogens is 1. The standard InChI is InChI=1S/C13H12ClN5/c14-10-2-3-13(19-5-1-4-18-19)12(6-10)16-8-11-7-15-9-17-11/h1-7,9,16H,8H2,(H,15,17). The maximum absolute atomic E-state index is 6.05. The van der Waals surface area contributed by atoms with Gasteiger partial charge in [0.2, 0.25) is 0 Å². The molecular formula is C13H12ClN5. The summed E-state index contributed by atoms with van der Waals surface area (Å²) in [5.41, 5.74) is 2.88. The van der Waals surface area contributed by atoms with E-state index >= 15 is 0 Å². The molecule has 19 heavy (non-hydrogen) atoms. The highest BCUT2D eigenvalue weighted by molar-refractivity contribution is 6.31. The van der Waals surface area contributed by atoms with Gasteiger partial charge in [-0.1, -0.05) is 11.6 Å². The van der Waals surface area contributed by atoms with E-state index in [1.54, 1.807) is 23.4 Å². The first-order valence-corrected chi connectivity index (χ1v) is 6.21. The smallest absolute Gasteiger partial charge is 0.0922 e. The van der Waals surface area contributed by atoms with Gasteiger partial charge in [-0.15, -0.1) is 0 Å². The number of H-pyrrole nitrogens is 1. The third kappa shape index (κ3) is 2.61. The minimum atomic E-state index is 0.647. The van der Waals surface area contributed by atoms with Gasteiger partial charge in [0.15, 0.2) is 0 Å². The Bertz CT molecular complexity index is 646. The van der Waals surface area contributed by atoms with Crippen molar-refractivity contribution in [3.05, 3.63) is 59.9 Å². The molecule has 0 saturated heterocycles. The zero-order valence-corrected chi connectivity index (χ0v) is 10.8. The lowest BCUT2D eigenvalue weighted by atomic mass is 10.2. The summed E-state index contributed by atoms with van der Waals surface area (Å²) in [5, 5.41) is 8.25. The lowest BCUT2D eigenvalue weighted by Gasteiger charge is -2.12. The molecule has 0 radical (unpaired) electrons. The monoisotopic (exact) mass is 273 g/mol. The van der Waals surface area contributed by atoms with E-state index < -0.39 is 0 Å². The van der Waals surface area contributed by atoms with Crippen LogP contribution in [0.1, 0.15) is 5.69 Å². The molecule has 2 heterocycles. The second kappa shape index (κ2) is 5.16. The average Bonchev–Trinajstić information content (AvgIpc) is 3.10. The van der Waals surface area contributed by atoms with Crippen LogP contribution in [0.2, 0.25) is 5.02 Å². The molecule has 2 N–H and O–H groups in total. The van der Waals surface area contributed by atoms with Gasteiger partial charge in [-0.3, -0.25) is 0 Å². The number of nitrogens with zero attached hydrogens (tertiary/aromatic N) is 3. The summed E-state index contributed by atoms with van der Waals surface area (Å²) >= 11 is 6.05. The first kappa shape index (κ1) is 11.8. The van der Waals surface area contributed by atoms with E-state index in [1.807, 2.05) is 30.5 Å². The largest absolute Gasteiger partial charge is 0.378 e. The van der Waals surface area contributed by atoms with Crippen LogP contribution >= 0.6 is 11.6 Å². The molecule has 5 nitrogen and oxygen atoms in total. The predicted octanol–water partition coefficient (Wildman–Crippen LogP) is 2.86. The minimum absolute atomic E-state index is 0.647. The van der Waals surface area contributed by atoms with E-state index in [1.165, 1.54) is 0 Å². The third-order valence-corrected chi connectivity index (χ3v) is 2.97. The Morgan fingerprint density at radius 3 is 3.05 bits per heavy atom. The molecule has 0 unspecified atom stereocenters. The number of hydrogen-bond acceptors (Lipinski definition) is 3. The molecule has 0 aliphatic heterocycles. The van der Waals surface area contributed by atoms with Crippen molar-refractivity contribution in [2.45, 2.75) is 6.54 Å². The normalized spacial score (nSPS) is 10.6. The summed E-state index contributed by atoms with van der Waals surface area (Å²) in [7, 11) is 0. The van der Waals surface area contributed by atoms with Gasteiger partial charge in [0.05, 0.1) is 29.9 Å². The maximum Gasteiger partial charge on any atom is 0.0922 e. The molecule has 0 aliphatic carbocycles. The lowest BCUT2D eigenvalue weighted by molar-refractivity contribution is 0.878. The van der Waals surface area contributed by atoms with Gasteiger partial charge >= 0.3 is 0 Å². The fourth-order valence-electron chi connectivity index (χ4n) is 1.83. The molecule has 0 amide bonds. The second-order valence-corrected chi connectivity index (χ2v) is 4.48. The van der Waals surface area contributed by atoms with Crippen molar-refractivity contribution >= 4 is 17.3 Å². The summed E-state index contributed by atoms with van der Waals surface area (Å²) < 4.78 is 1.80. The zero-order chi connectivity index (χ0) is 13.1. The van der Waals surface area contributed by atoms with Gasteiger partial charge < -0.3 is 10.3 Å². The summed E-state index contributed by atoms with van der Waals surface area (Å²) in [4.78, 5) is 7.03. The Balaban J connectivity index is 1.88. The van der Waals surface area contributed by atoms with Crippen LogP contribution < -0.4 is 5.32 Å². The summed E-state index contributed by atoms with van der Waals surface area (Å²) in [6, 6.07) is 7.55. The van der Waals surface area contributed by atoms with Crippen molar-refractivity contribution in [1.29, 1.82) is 0 Å². The number of nitrogens with one attached hydrogen (secondary N) is 2. The summed E-state index contributed by atoms with van der Waals surface area (Å²) in [5.74, 6) is 0. The molecule has 0 saturated carbocycles. The molecule has 6 heteroatoms. The fraction of sp³-hybridized carbons (Fsp3) is 0.0769. The Morgan fingerprint density at radius 1 is 1.37 bits per heavy atom. The number of aromatic nitrogens is 4. The fourth-order valence-corrected chi connectivity index (χ4v) is 2.00. The summed E-state index contributed by atoms with van der Waals surface area (Å²) in [6.07, 6.45) is 7.08. The van der Waals surface area contributed by atoms with Crippen molar-refractivity contribution in [3.8, 4) is 5.69 Å². The molecule has 3 rings (SSSR count). The van der Waals surface area contributed by atoms with Gasteiger partial charge in [-0.05, 0) is 24.3 Å². The van der Waals surface area contributed by atoms with Gasteiger partial charge in [0.25, 0.3) is 0 Å². The van der Waals surface area contributed by atoms with E-state index in [0.29, 0.717) is 11.6 Å². The Kier molecular flexibility index (Phi) is 3.20. The van der Waals surface area contributed by atoms with Crippen LogP contribution in [0.3, 0.4) is 0 Å². The minimum Gasteiger partial charge on any atom is -0.378 e. The van der Waals surface area contributed by atoms with Gasteiger partial charge in [-0.25, -0.2) is 9.67 Å². The molecule has 0 bridgehead atoms. The quantitative estimate of drug-likeness (QED) is 0.768. The number of benzene rings is 1. The van der Waals surface area contributed by atoms with Gasteiger partial charge in [-0.2, -0.15) is 5.10 Å². The molecule has 0 atom stereocenters. The molecule has 0 aliphatic rings. The third-order valence-electron chi connectivity index (χ3n) is 2.73. The molecule has 3 aromatic rings. The van der Waals surface area contributed by atoms with E-state index in [2.05, 4.69) is 20.4 Å². The van der Waals surface area contributed by atoms with Gasteiger partial charge in [0, 0.05) is 23.6 Å². The molecular weight excluding hydrogens is 262 g/mol. The van der Waals surface area contributed by atoms with Crippen LogP contribution in [0.5, 0.6) is 0 Å². The van der Waals surface area contributed by atoms with E-state index in [9.17, 15) is 0 Å². The molecule has 0 fully saturated rings. The first-order chi connectivity index (χ1) is 9.33. The molecule has 96 valence electrons. The van der Waals surface area contributed by atoms with Crippen LogP contribution in [-0.2, 0) is 6.54 Å². The SMILES string of the molecule is Clc1ccc(-n2cccn2)c(NCc2cnc[nH]2)c1. The van der Waals surface area contributed by atoms with Crippen molar-refractivity contribution in [2.75, 3.05) is 5.32 Å². The van der Waals surface area contributed by atoms with Gasteiger partial charge in [0.1, 0.15) is 0 Å². The van der Waals surface area contributed by atoms with Crippen LogP contribution in [0.4, 0.5) is 5.69 Å². The van der Waals surface area contributed by atoms with Crippen LogP contribution in [0.15, 0.2) is 49.2 Å². The van der Waals surface area contributed by atoms with E-state index in [0.717, 1.165) is 17.1 Å². The lowest BCUT2D eigenvalue weighted by Crippen LogP contribution is -2.05. The number of aromatic amines is 1. The highest BCUT2D eigenvalue weighted by Crippen LogP contribution is 2.24. The predicted molar refractivity (Wildman–Crippen MR) is 74.5 cm³/mol. The van der Waals surface area contributed by atoms with Crippen molar-refractivity contribution in [2.24, 2.45) is 0 Å². The Hall–Kier alpha value is -2.27. The maximum atomic E-state index is 6.05. The van der Waals surface area contributed by atoms with Crippen LogP contribution in [-0.4, -0.2) is 19.7 Å². The molecule has 2 aromatic heterocycles. The topological polar surface area (TPSA) is 58.5 Å². The number of hydrogen-bond donors (Lipinski definition) is 2. The zero-order valence-electron chi connectivity index (χ0n) is 10.0.